The molecule has 0 radical (unpaired) electrons. The zero-order chi connectivity index (χ0) is 20.1. The van der Waals surface area contributed by atoms with E-state index >= 15 is 0 Å². The molecule has 28 heavy (non-hydrogen) atoms. The summed E-state index contributed by atoms with van der Waals surface area (Å²) in [5.41, 5.74) is -1.04. The summed E-state index contributed by atoms with van der Waals surface area (Å²) in [5.74, 6) is -6.14. The van der Waals surface area contributed by atoms with Gasteiger partial charge in [0.05, 0.1) is 5.69 Å². The molecule has 4 amide bonds. The van der Waals surface area contributed by atoms with Crippen LogP contribution in [0.1, 0.15) is 23.3 Å². The lowest BCUT2D eigenvalue weighted by Gasteiger charge is -2.31. The summed E-state index contributed by atoms with van der Waals surface area (Å²) >= 11 is 1.50. The summed E-state index contributed by atoms with van der Waals surface area (Å²) in [6, 6.07) is 2.58. The van der Waals surface area contributed by atoms with Gasteiger partial charge in [-0.1, -0.05) is 0 Å². The Morgan fingerprint density at radius 3 is 2.79 bits per heavy atom. The highest BCUT2D eigenvalue weighted by molar-refractivity contribution is 7.10. The van der Waals surface area contributed by atoms with Gasteiger partial charge in [0, 0.05) is 10.4 Å². The largest absolute Gasteiger partial charge is 0.325 e. The second-order valence-corrected chi connectivity index (χ2v) is 7.61. The summed E-state index contributed by atoms with van der Waals surface area (Å²) in [7, 11) is 0. The van der Waals surface area contributed by atoms with Gasteiger partial charge in [0.15, 0.2) is 17.5 Å². The van der Waals surface area contributed by atoms with Gasteiger partial charge in [0.2, 0.25) is 5.91 Å². The number of benzene rings is 1. The number of carbonyl (C=O) groups excluding carboxylic acids is 3. The summed E-state index contributed by atoms with van der Waals surface area (Å²) in [6.07, 6.45) is 1.94. The predicted octanol–water partition coefficient (Wildman–Crippen LogP) is 2.89. The van der Waals surface area contributed by atoms with Crippen molar-refractivity contribution < 1.29 is 27.6 Å². The molecule has 2 N–H and O–H groups in total. The Labute approximate surface area is 161 Å². The Morgan fingerprint density at radius 2 is 2.00 bits per heavy atom. The van der Waals surface area contributed by atoms with Gasteiger partial charge in [-0.15, -0.1) is 11.3 Å². The van der Waals surface area contributed by atoms with Crippen LogP contribution in [0.25, 0.3) is 0 Å². The number of amides is 4. The highest BCUT2D eigenvalue weighted by Crippen LogP contribution is 2.42. The highest BCUT2D eigenvalue weighted by atomic mass is 32.1. The van der Waals surface area contributed by atoms with Crippen molar-refractivity contribution in [3.8, 4) is 0 Å². The first-order chi connectivity index (χ1) is 13.3. The molecular weight excluding hydrogens is 395 g/mol. The zero-order valence-corrected chi connectivity index (χ0v) is 15.2. The minimum Gasteiger partial charge on any atom is -0.322 e. The molecule has 1 aromatic heterocycles. The average Bonchev–Trinajstić information content (AvgIpc) is 3.23. The van der Waals surface area contributed by atoms with Crippen molar-refractivity contribution in [1.29, 1.82) is 0 Å². The van der Waals surface area contributed by atoms with Crippen molar-refractivity contribution in [2.75, 3.05) is 11.9 Å². The molecule has 2 aliphatic rings. The number of imide groups is 1. The van der Waals surface area contributed by atoms with Gasteiger partial charge in [-0.05, 0) is 42.8 Å². The standard InChI is InChI=1S/C18H14F3N3O3S/c19-10-3-4-11(15(21)14(10)20)22-13(25)8-24-16(26)18(23-17(24)27)6-1-2-12-9(18)5-7-28-12/h3-5,7H,1-2,6,8H2,(H,22,25)(H,23,27)/t18-/m0/s1. The van der Waals surface area contributed by atoms with Gasteiger partial charge in [-0.3, -0.25) is 14.5 Å². The second-order valence-electron chi connectivity index (χ2n) is 6.61. The molecule has 1 aromatic carbocycles. The summed E-state index contributed by atoms with van der Waals surface area (Å²) in [4.78, 5) is 39.3. The molecule has 0 bridgehead atoms. The molecule has 2 heterocycles. The summed E-state index contributed by atoms with van der Waals surface area (Å²) in [5, 5.41) is 6.59. The second kappa shape index (κ2) is 6.62. The molecular formula is C18H14F3N3O3S. The van der Waals surface area contributed by atoms with Crippen molar-refractivity contribution in [2.24, 2.45) is 0 Å². The number of aryl methyl sites for hydroxylation is 1. The minimum atomic E-state index is -1.72. The summed E-state index contributed by atoms with van der Waals surface area (Å²) in [6.45, 7) is -0.676. The number of fused-ring (bicyclic) bond motifs is 2. The number of urea groups is 1. The van der Waals surface area contributed by atoms with Crippen molar-refractivity contribution in [1.82, 2.24) is 10.2 Å². The number of rotatable bonds is 3. The number of nitrogens with zero attached hydrogens (tertiary/aromatic N) is 1. The van der Waals surface area contributed by atoms with Crippen LogP contribution in [0, 0.1) is 17.5 Å². The van der Waals surface area contributed by atoms with Crippen molar-refractivity contribution in [3.63, 3.8) is 0 Å². The fraction of sp³-hybridized carbons (Fsp3) is 0.278. The van der Waals surface area contributed by atoms with Gasteiger partial charge < -0.3 is 10.6 Å². The van der Waals surface area contributed by atoms with E-state index in [0.29, 0.717) is 18.9 Å². The van der Waals surface area contributed by atoms with E-state index in [4.69, 9.17) is 0 Å². The topological polar surface area (TPSA) is 78.5 Å². The number of hydrogen-bond acceptors (Lipinski definition) is 4. The van der Waals surface area contributed by atoms with E-state index in [9.17, 15) is 27.6 Å². The molecule has 1 atom stereocenters. The Kier molecular flexibility index (Phi) is 4.37. The lowest BCUT2D eigenvalue weighted by molar-refractivity contribution is -0.134. The SMILES string of the molecule is O=C(CN1C(=O)N[C@]2(CCCc3sccc32)C1=O)Nc1ccc(F)c(F)c1F. The van der Waals surface area contributed by atoms with Crippen molar-refractivity contribution in [2.45, 2.75) is 24.8 Å². The fourth-order valence-electron chi connectivity index (χ4n) is 3.64. The molecule has 10 heteroatoms. The first-order valence-corrected chi connectivity index (χ1v) is 9.36. The fourth-order valence-corrected chi connectivity index (χ4v) is 4.64. The van der Waals surface area contributed by atoms with Crippen molar-refractivity contribution in [3.05, 3.63) is 51.5 Å². The smallest absolute Gasteiger partial charge is 0.322 e. The first kappa shape index (κ1) is 18.5. The summed E-state index contributed by atoms with van der Waals surface area (Å²) < 4.78 is 40.0. The van der Waals surface area contributed by atoms with Crippen molar-refractivity contribution >= 4 is 34.9 Å². The van der Waals surface area contributed by atoms with Gasteiger partial charge in [-0.25, -0.2) is 18.0 Å². The van der Waals surface area contributed by atoms with Crippen LogP contribution in [0.15, 0.2) is 23.6 Å². The minimum absolute atomic E-state index is 0.414. The van der Waals surface area contributed by atoms with E-state index in [1.165, 1.54) is 11.3 Å². The normalized spacial score (nSPS) is 21.0. The Balaban J connectivity index is 1.54. The van der Waals surface area contributed by atoms with E-state index in [2.05, 4.69) is 10.6 Å². The molecule has 4 rings (SSSR count). The molecule has 1 spiro atoms. The van der Waals surface area contributed by atoms with Crippen LogP contribution in [-0.2, 0) is 21.5 Å². The van der Waals surface area contributed by atoms with Crippen LogP contribution >= 0.6 is 11.3 Å². The van der Waals surface area contributed by atoms with Crippen LogP contribution in [0.4, 0.5) is 23.7 Å². The van der Waals surface area contributed by atoms with E-state index in [0.717, 1.165) is 27.8 Å². The molecule has 0 unspecified atom stereocenters. The van der Waals surface area contributed by atoms with E-state index < -0.39 is 53.1 Å². The zero-order valence-electron chi connectivity index (χ0n) is 14.4. The molecule has 146 valence electrons. The molecule has 2 aromatic rings. The van der Waals surface area contributed by atoms with Crippen LogP contribution in [0.3, 0.4) is 0 Å². The van der Waals surface area contributed by atoms with E-state index in [1.54, 1.807) is 6.07 Å². The number of anilines is 1. The lowest BCUT2D eigenvalue weighted by atomic mass is 9.80. The lowest BCUT2D eigenvalue weighted by Crippen LogP contribution is -2.46. The van der Waals surface area contributed by atoms with Gasteiger partial charge in [-0.2, -0.15) is 0 Å². The Bertz CT molecular complexity index is 1010. The first-order valence-electron chi connectivity index (χ1n) is 8.48. The maximum atomic E-state index is 13.7. The molecule has 6 nitrogen and oxygen atoms in total. The number of nitrogens with one attached hydrogen (secondary N) is 2. The van der Waals surface area contributed by atoms with Crippen LogP contribution in [0.2, 0.25) is 0 Å². The Morgan fingerprint density at radius 1 is 1.21 bits per heavy atom. The third kappa shape index (κ3) is 2.75. The molecule has 0 saturated carbocycles. The molecule has 1 saturated heterocycles. The Hall–Kier alpha value is -2.88. The van der Waals surface area contributed by atoms with Gasteiger partial charge in [0.1, 0.15) is 12.1 Å². The van der Waals surface area contributed by atoms with Gasteiger partial charge in [0.25, 0.3) is 5.91 Å². The number of hydrogen-bond donors (Lipinski definition) is 2. The third-order valence-electron chi connectivity index (χ3n) is 4.95. The van der Waals surface area contributed by atoms with Crippen LogP contribution in [-0.4, -0.2) is 29.3 Å². The highest BCUT2D eigenvalue weighted by Gasteiger charge is 2.54. The van der Waals surface area contributed by atoms with Crippen LogP contribution in [0.5, 0.6) is 0 Å². The third-order valence-corrected chi connectivity index (χ3v) is 5.93. The molecule has 1 aliphatic carbocycles. The average molecular weight is 409 g/mol. The molecule has 1 aliphatic heterocycles. The maximum Gasteiger partial charge on any atom is 0.325 e. The predicted molar refractivity (Wildman–Crippen MR) is 94.1 cm³/mol. The quantitative estimate of drug-likeness (QED) is 0.605. The number of halogens is 3. The maximum absolute atomic E-state index is 13.7. The molecule has 1 fully saturated rings. The van der Waals surface area contributed by atoms with E-state index in [1.807, 2.05) is 5.38 Å². The van der Waals surface area contributed by atoms with Gasteiger partial charge >= 0.3 is 6.03 Å². The number of thiophene rings is 1. The van der Waals surface area contributed by atoms with E-state index in [-0.39, 0.29) is 0 Å². The van der Waals surface area contributed by atoms with Crippen LogP contribution < -0.4 is 10.6 Å². The number of carbonyl (C=O) groups is 3. The monoisotopic (exact) mass is 409 g/mol.